The molecular weight excluding hydrogens is 487 g/mol. The number of carboxylic acids is 1. The van der Waals surface area contributed by atoms with E-state index in [1.54, 1.807) is 29.8 Å². The summed E-state index contributed by atoms with van der Waals surface area (Å²) in [5.41, 5.74) is -0.322. The Morgan fingerprint density at radius 2 is 1.68 bits per heavy atom. The Labute approximate surface area is 211 Å². The first-order valence-corrected chi connectivity index (χ1v) is 11.3. The summed E-state index contributed by atoms with van der Waals surface area (Å²) in [5.74, 6) is 0.517. The number of hydrogen-bond acceptors (Lipinski definition) is 5. The molecular formula is C27H24F3N3O4. The number of halogens is 3. The Kier molecular flexibility index (Phi) is 6.93. The van der Waals surface area contributed by atoms with Gasteiger partial charge in [-0.05, 0) is 68.8 Å². The van der Waals surface area contributed by atoms with Gasteiger partial charge in [-0.2, -0.15) is 13.2 Å². The van der Waals surface area contributed by atoms with E-state index < -0.39 is 23.3 Å². The molecule has 1 aromatic heterocycles. The van der Waals surface area contributed by atoms with Gasteiger partial charge in [-0.25, -0.2) is 14.5 Å². The number of nitrogens with zero attached hydrogens (tertiary/aromatic N) is 3. The normalized spacial score (nSPS) is 11.8. The highest BCUT2D eigenvalue weighted by molar-refractivity contribution is 5.76. The number of ether oxygens (including phenoxy) is 2. The number of rotatable bonds is 8. The number of aryl methyl sites for hydroxylation is 1. The van der Waals surface area contributed by atoms with Crippen LogP contribution in [0.3, 0.4) is 0 Å². The van der Waals surface area contributed by atoms with Crippen LogP contribution in [0.2, 0.25) is 0 Å². The molecule has 0 saturated heterocycles. The molecule has 3 aromatic carbocycles. The highest BCUT2D eigenvalue weighted by Gasteiger charge is 2.31. The van der Waals surface area contributed by atoms with Gasteiger partial charge in [0.1, 0.15) is 18.1 Å². The van der Waals surface area contributed by atoms with E-state index in [-0.39, 0.29) is 12.4 Å². The van der Waals surface area contributed by atoms with Crippen molar-refractivity contribution in [3.05, 3.63) is 89.7 Å². The van der Waals surface area contributed by atoms with E-state index in [0.717, 1.165) is 12.1 Å². The molecule has 0 aliphatic heterocycles. The van der Waals surface area contributed by atoms with Gasteiger partial charge in [0, 0.05) is 5.56 Å². The number of carbonyl (C=O) groups is 1. The number of aliphatic carboxylic acids is 1. The maximum Gasteiger partial charge on any atom is 0.416 e. The molecule has 0 unspecified atom stereocenters. The van der Waals surface area contributed by atoms with Crippen molar-refractivity contribution in [1.82, 2.24) is 14.8 Å². The van der Waals surface area contributed by atoms with Gasteiger partial charge in [-0.1, -0.05) is 30.3 Å². The van der Waals surface area contributed by atoms with Gasteiger partial charge in [-0.15, -0.1) is 5.10 Å². The molecule has 0 spiro atoms. The van der Waals surface area contributed by atoms with E-state index in [9.17, 15) is 23.1 Å². The predicted octanol–water partition coefficient (Wildman–Crippen LogP) is 6.08. The average molecular weight is 512 g/mol. The molecule has 7 nitrogen and oxygen atoms in total. The van der Waals surface area contributed by atoms with Crippen molar-refractivity contribution < 1.29 is 32.5 Å². The van der Waals surface area contributed by atoms with Crippen LogP contribution >= 0.6 is 0 Å². The van der Waals surface area contributed by atoms with Crippen LogP contribution in [0.4, 0.5) is 13.2 Å². The lowest BCUT2D eigenvalue weighted by molar-refractivity contribution is -0.152. The van der Waals surface area contributed by atoms with Gasteiger partial charge in [0.25, 0.3) is 0 Å². The number of alkyl halides is 3. The molecule has 0 aliphatic rings. The van der Waals surface area contributed by atoms with Crippen LogP contribution in [0, 0.1) is 6.92 Å². The van der Waals surface area contributed by atoms with E-state index in [1.165, 1.54) is 26.0 Å². The summed E-state index contributed by atoms with van der Waals surface area (Å²) in [6, 6.07) is 18.8. The second-order valence-electron chi connectivity index (χ2n) is 8.81. The summed E-state index contributed by atoms with van der Waals surface area (Å²) in [5, 5.41) is 13.8. The SMILES string of the molecule is Cc1cc(OCc2nc(-c3ccc(C(F)(F)F)cc3)nn2-c2ccccc2)ccc1OC(C)(C)C(=O)O. The van der Waals surface area contributed by atoms with Crippen molar-refractivity contribution in [3.8, 4) is 28.6 Å². The monoisotopic (exact) mass is 511 g/mol. The molecule has 1 N–H and O–H groups in total. The summed E-state index contributed by atoms with van der Waals surface area (Å²) in [7, 11) is 0. The third-order valence-electron chi connectivity index (χ3n) is 5.54. The van der Waals surface area contributed by atoms with Crippen LogP contribution in [0.1, 0.15) is 30.8 Å². The molecule has 0 bridgehead atoms. The fraction of sp³-hybridized carbons (Fsp3) is 0.222. The van der Waals surface area contributed by atoms with Crippen molar-refractivity contribution in [3.63, 3.8) is 0 Å². The topological polar surface area (TPSA) is 86.5 Å². The lowest BCUT2D eigenvalue weighted by atomic mass is 10.1. The van der Waals surface area contributed by atoms with Crippen molar-refractivity contribution >= 4 is 5.97 Å². The van der Waals surface area contributed by atoms with Crippen LogP contribution in [0.25, 0.3) is 17.1 Å². The fourth-order valence-corrected chi connectivity index (χ4v) is 3.44. The smallest absolute Gasteiger partial charge is 0.416 e. The molecule has 0 fully saturated rings. The molecule has 0 aliphatic carbocycles. The minimum atomic E-state index is -4.43. The first kappa shape index (κ1) is 25.7. The maximum absolute atomic E-state index is 13.0. The number of benzene rings is 3. The molecule has 0 atom stereocenters. The zero-order valence-electron chi connectivity index (χ0n) is 20.3. The van der Waals surface area contributed by atoms with E-state index in [0.29, 0.717) is 34.1 Å². The lowest BCUT2D eigenvalue weighted by Gasteiger charge is -2.23. The number of hydrogen-bond donors (Lipinski definition) is 1. The van der Waals surface area contributed by atoms with Gasteiger partial charge >= 0.3 is 12.1 Å². The number of carboxylic acid groups (broad SMARTS) is 1. The van der Waals surface area contributed by atoms with Gasteiger partial charge < -0.3 is 14.6 Å². The molecule has 4 rings (SSSR count). The largest absolute Gasteiger partial charge is 0.486 e. The Morgan fingerprint density at radius 1 is 1.00 bits per heavy atom. The molecule has 0 radical (unpaired) electrons. The zero-order chi connectivity index (χ0) is 26.8. The maximum atomic E-state index is 13.0. The number of para-hydroxylation sites is 1. The standard InChI is InChI=1S/C27H24F3N3O4/c1-17-15-21(13-14-22(17)37-26(2,3)25(34)35)36-16-23-31-24(32-33(23)20-7-5-4-6-8-20)18-9-11-19(12-10-18)27(28,29)30/h4-15H,16H2,1-3H3,(H,34,35). The van der Waals surface area contributed by atoms with E-state index in [4.69, 9.17) is 9.47 Å². The summed E-state index contributed by atoms with van der Waals surface area (Å²) < 4.78 is 52.0. The fourth-order valence-electron chi connectivity index (χ4n) is 3.44. The van der Waals surface area contributed by atoms with E-state index in [2.05, 4.69) is 10.1 Å². The van der Waals surface area contributed by atoms with Crippen LogP contribution in [0.5, 0.6) is 11.5 Å². The second kappa shape index (κ2) is 9.96. The first-order chi connectivity index (χ1) is 17.4. The van der Waals surface area contributed by atoms with Gasteiger partial charge in [0.05, 0.1) is 11.3 Å². The van der Waals surface area contributed by atoms with Crippen LogP contribution in [-0.2, 0) is 17.6 Å². The highest BCUT2D eigenvalue weighted by atomic mass is 19.4. The third kappa shape index (κ3) is 5.91. The average Bonchev–Trinajstić information content (AvgIpc) is 3.28. The molecule has 4 aromatic rings. The molecule has 10 heteroatoms. The van der Waals surface area contributed by atoms with Crippen molar-refractivity contribution in [2.75, 3.05) is 0 Å². The summed E-state index contributed by atoms with van der Waals surface area (Å²) in [4.78, 5) is 15.9. The molecule has 0 amide bonds. The minimum absolute atomic E-state index is 0.0167. The molecule has 192 valence electrons. The van der Waals surface area contributed by atoms with Gasteiger partial charge in [-0.3, -0.25) is 0 Å². The summed E-state index contributed by atoms with van der Waals surface area (Å²) >= 11 is 0. The zero-order valence-corrected chi connectivity index (χ0v) is 20.3. The third-order valence-corrected chi connectivity index (χ3v) is 5.54. The Balaban J connectivity index is 1.59. The van der Waals surface area contributed by atoms with Crippen molar-refractivity contribution in [2.24, 2.45) is 0 Å². The lowest BCUT2D eigenvalue weighted by Crippen LogP contribution is -2.38. The summed E-state index contributed by atoms with van der Waals surface area (Å²) in [6.07, 6.45) is -4.43. The predicted molar refractivity (Wildman–Crippen MR) is 130 cm³/mol. The van der Waals surface area contributed by atoms with E-state index in [1.807, 2.05) is 30.3 Å². The Morgan fingerprint density at radius 3 is 2.27 bits per heavy atom. The van der Waals surface area contributed by atoms with Crippen LogP contribution in [-0.4, -0.2) is 31.4 Å². The van der Waals surface area contributed by atoms with E-state index >= 15 is 0 Å². The second-order valence-corrected chi connectivity index (χ2v) is 8.81. The van der Waals surface area contributed by atoms with Crippen molar-refractivity contribution in [1.29, 1.82) is 0 Å². The first-order valence-electron chi connectivity index (χ1n) is 11.3. The van der Waals surface area contributed by atoms with Crippen LogP contribution in [0.15, 0.2) is 72.8 Å². The van der Waals surface area contributed by atoms with Crippen LogP contribution < -0.4 is 9.47 Å². The minimum Gasteiger partial charge on any atom is -0.486 e. The molecule has 1 heterocycles. The van der Waals surface area contributed by atoms with Gasteiger partial charge in [0.15, 0.2) is 17.2 Å². The summed E-state index contributed by atoms with van der Waals surface area (Å²) in [6.45, 7) is 4.71. The number of aromatic nitrogens is 3. The molecule has 0 saturated carbocycles. The highest BCUT2D eigenvalue weighted by Crippen LogP contribution is 2.31. The Hall–Kier alpha value is -4.34. The van der Waals surface area contributed by atoms with Gasteiger partial charge in [0.2, 0.25) is 0 Å². The Bertz CT molecular complexity index is 1400. The quantitative estimate of drug-likeness (QED) is 0.308. The van der Waals surface area contributed by atoms with Crippen molar-refractivity contribution in [2.45, 2.75) is 39.2 Å². The molecule has 37 heavy (non-hydrogen) atoms.